The minimum atomic E-state index is 0.0993. The number of hydrogen-bond donors (Lipinski definition) is 1. The van der Waals surface area contributed by atoms with Gasteiger partial charge in [-0.1, -0.05) is 13.3 Å². The number of anilines is 2. The summed E-state index contributed by atoms with van der Waals surface area (Å²) in [6, 6.07) is 0. The number of carbonyl (C=O) groups is 1. The van der Waals surface area contributed by atoms with E-state index in [1.165, 1.54) is 36.2 Å². The summed E-state index contributed by atoms with van der Waals surface area (Å²) in [5, 5.41) is 1.25. The zero-order valence-electron chi connectivity index (χ0n) is 12.2. The Bertz CT molecular complexity index is 463. The Morgan fingerprint density at radius 1 is 1.42 bits per heavy atom. The van der Waals surface area contributed by atoms with Crippen LogP contribution in [0.2, 0.25) is 0 Å². The molecule has 1 aromatic rings. The van der Waals surface area contributed by atoms with Gasteiger partial charge < -0.3 is 10.6 Å². The van der Waals surface area contributed by atoms with Gasteiger partial charge in [-0.15, -0.1) is 11.3 Å². The molecule has 2 N–H and O–H groups in total. The van der Waals surface area contributed by atoms with Crippen molar-refractivity contribution in [3.8, 4) is 0 Å². The van der Waals surface area contributed by atoms with Gasteiger partial charge in [-0.05, 0) is 32.1 Å². The summed E-state index contributed by atoms with van der Waals surface area (Å²) in [6.07, 6.45) is 4.81. The normalized spacial score (nSPS) is 14.7. The molecule has 0 saturated heterocycles. The minimum absolute atomic E-state index is 0.0993. The minimum Gasteiger partial charge on any atom is -0.397 e. The van der Waals surface area contributed by atoms with Crippen molar-refractivity contribution >= 4 is 27.8 Å². The van der Waals surface area contributed by atoms with Gasteiger partial charge in [0.05, 0.1) is 15.6 Å². The van der Waals surface area contributed by atoms with Crippen molar-refractivity contribution in [2.45, 2.75) is 52.4 Å². The van der Waals surface area contributed by atoms with Crippen LogP contribution in [-0.2, 0) is 0 Å². The average Bonchev–Trinajstić information content (AvgIpc) is 3.15. The number of thiophene rings is 1. The Kier molecular flexibility index (Phi) is 4.50. The van der Waals surface area contributed by atoms with Crippen LogP contribution in [0.25, 0.3) is 0 Å². The van der Waals surface area contributed by atoms with Crippen molar-refractivity contribution < 1.29 is 4.79 Å². The number of carbonyl (C=O) groups excluding carboxylic acids is 1. The number of nitrogens with zero attached hydrogens (tertiary/aromatic N) is 1. The molecule has 0 spiro atoms. The van der Waals surface area contributed by atoms with Crippen LogP contribution in [0.3, 0.4) is 0 Å². The van der Waals surface area contributed by atoms with E-state index in [0.717, 1.165) is 23.7 Å². The number of rotatable bonds is 7. The molecule has 1 saturated carbocycles. The monoisotopic (exact) mass is 280 g/mol. The first-order valence-corrected chi connectivity index (χ1v) is 8.09. The molecule has 0 aliphatic heterocycles. The number of ketones is 1. The molecule has 1 fully saturated rings. The van der Waals surface area contributed by atoms with Gasteiger partial charge in [-0.3, -0.25) is 4.79 Å². The zero-order valence-corrected chi connectivity index (χ0v) is 13.0. The van der Waals surface area contributed by atoms with E-state index in [0.29, 0.717) is 5.92 Å². The van der Waals surface area contributed by atoms with E-state index in [-0.39, 0.29) is 5.78 Å². The highest BCUT2D eigenvalue weighted by Gasteiger charge is 2.33. The summed E-state index contributed by atoms with van der Waals surface area (Å²) in [5.74, 6) is 0.692. The average molecular weight is 280 g/mol. The van der Waals surface area contributed by atoms with E-state index in [1.807, 2.05) is 0 Å². The summed E-state index contributed by atoms with van der Waals surface area (Å²) in [4.78, 5) is 14.9. The third-order valence-corrected chi connectivity index (χ3v) is 5.10. The molecule has 19 heavy (non-hydrogen) atoms. The molecule has 2 rings (SSSR count). The summed E-state index contributed by atoms with van der Waals surface area (Å²) in [7, 11) is 0. The van der Waals surface area contributed by atoms with Gasteiger partial charge in [-0.25, -0.2) is 0 Å². The quantitative estimate of drug-likeness (QED) is 0.767. The molecule has 1 heterocycles. The maximum atomic E-state index is 11.7. The lowest BCUT2D eigenvalue weighted by atomic mass is 10.1. The van der Waals surface area contributed by atoms with Gasteiger partial charge in [0.2, 0.25) is 0 Å². The highest BCUT2D eigenvalue weighted by Crippen LogP contribution is 2.52. The van der Waals surface area contributed by atoms with Crippen molar-refractivity contribution in [3.05, 3.63) is 10.4 Å². The fourth-order valence-electron chi connectivity index (χ4n) is 2.46. The predicted molar refractivity (Wildman–Crippen MR) is 83.5 cm³/mol. The van der Waals surface area contributed by atoms with Crippen molar-refractivity contribution in [1.29, 1.82) is 0 Å². The lowest BCUT2D eigenvalue weighted by Crippen LogP contribution is -2.23. The molecule has 0 atom stereocenters. The summed E-state index contributed by atoms with van der Waals surface area (Å²) < 4.78 is 0. The number of nitrogens with two attached hydrogens (primary N) is 1. The Balaban J connectivity index is 2.36. The number of Topliss-reactive ketones (excluding diaryl/α,β-unsaturated/α-hetero) is 1. The van der Waals surface area contributed by atoms with Crippen molar-refractivity contribution in [2.75, 3.05) is 23.7 Å². The van der Waals surface area contributed by atoms with Crippen LogP contribution in [0.15, 0.2) is 0 Å². The maximum Gasteiger partial charge on any atom is 0.171 e. The molecule has 106 valence electrons. The van der Waals surface area contributed by atoms with Crippen molar-refractivity contribution in [3.63, 3.8) is 0 Å². The largest absolute Gasteiger partial charge is 0.397 e. The van der Waals surface area contributed by atoms with Gasteiger partial charge in [-0.2, -0.15) is 0 Å². The lowest BCUT2D eigenvalue weighted by molar-refractivity contribution is 0.102. The summed E-state index contributed by atoms with van der Waals surface area (Å²) in [5.41, 5.74) is 8.24. The third kappa shape index (κ3) is 2.94. The Morgan fingerprint density at radius 2 is 2.11 bits per heavy atom. The second-order valence-electron chi connectivity index (χ2n) is 5.33. The molecule has 1 aliphatic rings. The Labute approximate surface area is 119 Å². The Hall–Kier alpha value is -1.03. The fraction of sp³-hybridized carbons (Fsp3) is 0.667. The molecule has 1 aliphatic carbocycles. The number of nitrogen functional groups attached to an aromatic ring is 1. The predicted octanol–water partition coefficient (Wildman–Crippen LogP) is 4.04. The molecule has 0 unspecified atom stereocenters. The van der Waals surface area contributed by atoms with Crippen LogP contribution in [-0.4, -0.2) is 18.9 Å². The molecule has 0 bridgehead atoms. The van der Waals surface area contributed by atoms with Crippen molar-refractivity contribution in [1.82, 2.24) is 0 Å². The van der Waals surface area contributed by atoms with Gasteiger partial charge in [0.25, 0.3) is 0 Å². The zero-order chi connectivity index (χ0) is 14.0. The van der Waals surface area contributed by atoms with Crippen LogP contribution in [0.4, 0.5) is 10.7 Å². The molecule has 4 heteroatoms. The molecule has 3 nitrogen and oxygen atoms in total. The first-order valence-electron chi connectivity index (χ1n) is 7.28. The third-order valence-electron chi connectivity index (χ3n) is 3.72. The summed E-state index contributed by atoms with van der Waals surface area (Å²) in [6.45, 7) is 8.04. The number of unbranched alkanes of at least 4 members (excludes halogenated alkanes) is 1. The molecule has 0 amide bonds. The second-order valence-corrected chi connectivity index (χ2v) is 6.33. The molecular weight excluding hydrogens is 256 g/mol. The molecule has 0 radical (unpaired) electrons. The van der Waals surface area contributed by atoms with E-state index < -0.39 is 0 Å². The van der Waals surface area contributed by atoms with E-state index >= 15 is 0 Å². The highest BCUT2D eigenvalue weighted by molar-refractivity contribution is 7.18. The smallest absolute Gasteiger partial charge is 0.171 e. The first-order chi connectivity index (χ1) is 9.10. The van der Waals surface area contributed by atoms with Crippen LogP contribution in [0, 0.1) is 0 Å². The van der Waals surface area contributed by atoms with Gasteiger partial charge in [0, 0.05) is 25.6 Å². The fourth-order valence-corrected chi connectivity index (χ4v) is 3.75. The van der Waals surface area contributed by atoms with Gasteiger partial charge in [0.15, 0.2) is 5.78 Å². The van der Waals surface area contributed by atoms with Gasteiger partial charge in [0.1, 0.15) is 0 Å². The first kappa shape index (κ1) is 14.4. The maximum absolute atomic E-state index is 11.7. The van der Waals surface area contributed by atoms with E-state index in [9.17, 15) is 4.79 Å². The van der Waals surface area contributed by atoms with E-state index in [1.54, 1.807) is 18.3 Å². The SMILES string of the molecule is CCCCN(CC)c1sc(C(C)=O)c(N)c1C1CC1. The highest BCUT2D eigenvalue weighted by atomic mass is 32.1. The molecule has 1 aromatic heterocycles. The van der Waals surface area contributed by atoms with E-state index in [4.69, 9.17) is 5.73 Å². The summed E-state index contributed by atoms with van der Waals surface area (Å²) >= 11 is 1.60. The van der Waals surface area contributed by atoms with Gasteiger partial charge >= 0.3 is 0 Å². The lowest BCUT2D eigenvalue weighted by Gasteiger charge is -2.22. The van der Waals surface area contributed by atoms with Crippen LogP contribution in [0.1, 0.15) is 67.6 Å². The number of hydrogen-bond acceptors (Lipinski definition) is 4. The second kappa shape index (κ2) is 5.95. The van der Waals surface area contributed by atoms with Crippen LogP contribution < -0.4 is 10.6 Å². The van der Waals surface area contributed by atoms with Crippen molar-refractivity contribution in [2.24, 2.45) is 0 Å². The molecular formula is C15H24N2OS. The molecule has 0 aromatic carbocycles. The van der Waals surface area contributed by atoms with E-state index in [2.05, 4.69) is 18.7 Å². The van der Waals surface area contributed by atoms with Crippen LogP contribution >= 0.6 is 11.3 Å². The standard InChI is InChI=1S/C15H24N2OS/c1-4-6-9-17(5-2)15-12(11-7-8-11)13(16)14(19-15)10(3)18/h11H,4-9,16H2,1-3H3. The van der Waals surface area contributed by atoms with Crippen LogP contribution in [0.5, 0.6) is 0 Å². The Morgan fingerprint density at radius 3 is 2.58 bits per heavy atom. The topological polar surface area (TPSA) is 46.3 Å².